The van der Waals surface area contributed by atoms with Crippen LogP contribution in [0.25, 0.3) is 0 Å². The molecule has 1 spiro atoms. The number of benzene rings is 4. The van der Waals surface area contributed by atoms with E-state index in [1.807, 2.05) is 0 Å². The topological polar surface area (TPSA) is 90.0 Å². The average molecular weight is 629 g/mol. The molecule has 0 N–H and O–H groups in total. The van der Waals surface area contributed by atoms with Crippen molar-refractivity contribution in [2.24, 2.45) is 11.8 Å². The van der Waals surface area contributed by atoms with Crippen LogP contribution in [0.2, 0.25) is 5.02 Å². The van der Waals surface area contributed by atoms with E-state index in [1.54, 1.807) is 97.1 Å². The number of ether oxygens (including phenoxy) is 2. The van der Waals surface area contributed by atoms with Crippen molar-refractivity contribution in [1.29, 1.82) is 0 Å². The Kier molecular flexibility index (Phi) is 5.97. The molecule has 3 atom stereocenters. The van der Waals surface area contributed by atoms with Gasteiger partial charge in [0.25, 0.3) is 0 Å². The van der Waals surface area contributed by atoms with Gasteiger partial charge in [-0.2, -0.15) is 0 Å². The predicted molar refractivity (Wildman–Crippen MR) is 153 cm³/mol. The van der Waals surface area contributed by atoms with Gasteiger partial charge in [0.15, 0.2) is 0 Å². The molecule has 202 valence electrons. The van der Waals surface area contributed by atoms with Crippen molar-refractivity contribution in [2.45, 2.75) is 11.7 Å². The van der Waals surface area contributed by atoms with E-state index < -0.39 is 46.9 Å². The van der Waals surface area contributed by atoms with Gasteiger partial charge in [-0.15, -0.1) is 0 Å². The second-order valence-corrected chi connectivity index (χ2v) is 11.4. The first-order chi connectivity index (χ1) is 19.8. The molecule has 4 aromatic rings. The molecule has 9 heteroatoms. The van der Waals surface area contributed by atoms with E-state index >= 15 is 0 Å². The van der Waals surface area contributed by atoms with Crippen LogP contribution in [0.15, 0.2) is 102 Å². The van der Waals surface area contributed by atoms with Crippen molar-refractivity contribution >= 4 is 56.6 Å². The fourth-order valence-electron chi connectivity index (χ4n) is 6.03. The third-order valence-electron chi connectivity index (χ3n) is 7.86. The van der Waals surface area contributed by atoms with E-state index in [0.29, 0.717) is 27.8 Å². The van der Waals surface area contributed by atoms with Crippen LogP contribution in [0.3, 0.4) is 0 Å². The number of ketones is 2. The highest BCUT2D eigenvalue weighted by Crippen LogP contribution is 2.57. The summed E-state index contributed by atoms with van der Waals surface area (Å²) in [6, 6.07) is 26.8. The Balaban J connectivity index is 1.28. The predicted octanol–water partition coefficient (Wildman–Crippen LogP) is 6.59. The Labute approximate surface area is 247 Å². The van der Waals surface area contributed by atoms with E-state index in [9.17, 15) is 19.2 Å². The van der Waals surface area contributed by atoms with Crippen LogP contribution in [-0.4, -0.2) is 29.0 Å². The highest BCUT2D eigenvalue weighted by atomic mass is 79.9. The van der Waals surface area contributed by atoms with Crippen molar-refractivity contribution in [2.75, 3.05) is 4.90 Å². The molecule has 7 rings (SSSR count). The van der Waals surface area contributed by atoms with E-state index in [2.05, 4.69) is 15.9 Å². The largest absolute Gasteiger partial charge is 0.457 e. The summed E-state index contributed by atoms with van der Waals surface area (Å²) in [5, 5.41) is 0.579. The lowest BCUT2D eigenvalue weighted by atomic mass is 9.77. The van der Waals surface area contributed by atoms with E-state index in [0.717, 1.165) is 9.37 Å². The van der Waals surface area contributed by atoms with Gasteiger partial charge in [-0.3, -0.25) is 19.2 Å². The molecule has 7 nitrogen and oxygen atoms in total. The van der Waals surface area contributed by atoms with Crippen molar-refractivity contribution in [1.82, 2.24) is 0 Å². The highest BCUT2D eigenvalue weighted by molar-refractivity contribution is 9.10. The minimum atomic E-state index is -2.12. The van der Waals surface area contributed by atoms with Gasteiger partial charge in [-0.05, 0) is 66.2 Å². The zero-order valence-corrected chi connectivity index (χ0v) is 23.5. The molecule has 3 aliphatic rings. The van der Waals surface area contributed by atoms with Crippen molar-refractivity contribution in [3.8, 4) is 11.5 Å². The number of anilines is 1. The minimum Gasteiger partial charge on any atom is -0.457 e. The summed E-state index contributed by atoms with van der Waals surface area (Å²) >= 11 is 9.35. The molecule has 0 aromatic heterocycles. The maximum absolute atomic E-state index is 14.1. The number of carbonyl (C=O) groups excluding carboxylic acids is 4. The van der Waals surface area contributed by atoms with Gasteiger partial charge in [0, 0.05) is 20.6 Å². The van der Waals surface area contributed by atoms with E-state index in [4.69, 9.17) is 21.1 Å². The maximum atomic E-state index is 14.1. The number of imide groups is 1. The summed E-state index contributed by atoms with van der Waals surface area (Å²) in [4.78, 5) is 57.0. The number of hydrogen-bond acceptors (Lipinski definition) is 6. The number of Topliss-reactive ketones (excluding diaryl/α,β-unsaturated/α-hetero) is 2. The molecule has 4 aromatic carbocycles. The van der Waals surface area contributed by atoms with Gasteiger partial charge in [0.05, 0.1) is 23.6 Å². The molecular weight excluding hydrogens is 610 g/mol. The molecule has 0 radical (unpaired) electrons. The molecule has 0 saturated carbocycles. The average Bonchev–Trinajstić information content (AvgIpc) is 3.55. The van der Waals surface area contributed by atoms with Gasteiger partial charge in [0.1, 0.15) is 11.5 Å². The van der Waals surface area contributed by atoms with E-state index in [1.165, 1.54) is 0 Å². The number of amides is 2. The maximum Gasteiger partial charge on any atom is 0.241 e. The van der Waals surface area contributed by atoms with Crippen LogP contribution >= 0.6 is 27.5 Å². The van der Waals surface area contributed by atoms with Crippen molar-refractivity contribution in [3.63, 3.8) is 0 Å². The molecule has 0 unspecified atom stereocenters. The second kappa shape index (κ2) is 9.48. The number of hydrogen-bond donors (Lipinski definition) is 0. The summed E-state index contributed by atoms with van der Waals surface area (Å²) < 4.78 is 13.0. The summed E-state index contributed by atoms with van der Waals surface area (Å²) in [5.41, 5.74) is -0.847. The fourth-order valence-corrected chi connectivity index (χ4v) is 6.42. The lowest BCUT2D eigenvalue weighted by Crippen LogP contribution is -2.51. The van der Waals surface area contributed by atoms with Crippen LogP contribution < -0.4 is 9.64 Å². The Morgan fingerprint density at radius 1 is 0.732 bits per heavy atom. The first-order valence-corrected chi connectivity index (χ1v) is 14.0. The van der Waals surface area contributed by atoms with Crippen LogP contribution in [0.4, 0.5) is 5.69 Å². The van der Waals surface area contributed by atoms with Gasteiger partial charge >= 0.3 is 0 Å². The minimum absolute atomic E-state index is 0.190. The summed E-state index contributed by atoms with van der Waals surface area (Å²) in [6.07, 6.45) is -0.982. The molecule has 2 fully saturated rings. The summed E-state index contributed by atoms with van der Waals surface area (Å²) in [6.45, 7) is 0. The zero-order valence-electron chi connectivity index (χ0n) is 21.1. The monoisotopic (exact) mass is 627 g/mol. The van der Waals surface area contributed by atoms with Gasteiger partial charge in [-0.25, -0.2) is 4.90 Å². The summed E-state index contributed by atoms with van der Waals surface area (Å²) in [7, 11) is 0. The first-order valence-electron chi connectivity index (χ1n) is 12.8. The molecule has 41 heavy (non-hydrogen) atoms. The third kappa shape index (κ3) is 3.82. The molecule has 2 heterocycles. The molecule has 2 aliphatic heterocycles. The molecule has 2 amide bonds. The standard InChI is InChI=1S/C32H19BrClNO6/c33-18-7-5-17(6-8-18)27-25-26(32(41-27)28(36)23-3-1-2-4-24(23)29(32)37)31(39)35(30(25)38)20-11-15-22(16-12-20)40-21-13-9-19(34)10-14-21/h1-16,25-27H/t25-,26+,27+/m1/s1. The number of fused-ring (bicyclic) bond motifs is 3. The van der Waals surface area contributed by atoms with Gasteiger partial charge < -0.3 is 9.47 Å². The first kappa shape index (κ1) is 25.8. The van der Waals surface area contributed by atoms with Crippen LogP contribution in [0.5, 0.6) is 11.5 Å². The Hall–Kier alpha value is -4.11. The Morgan fingerprint density at radius 3 is 1.88 bits per heavy atom. The van der Waals surface area contributed by atoms with Gasteiger partial charge in [0.2, 0.25) is 29.0 Å². The quantitative estimate of drug-likeness (QED) is 0.187. The molecular formula is C32H19BrClNO6. The van der Waals surface area contributed by atoms with Crippen LogP contribution in [0.1, 0.15) is 32.4 Å². The third-order valence-corrected chi connectivity index (χ3v) is 8.64. The van der Waals surface area contributed by atoms with Crippen molar-refractivity contribution < 1.29 is 28.7 Å². The van der Waals surface area contributed by atoms with E-state index in [-0.39, 0.29) is 11.1 Å². The number of nitrogens with zero attached hydrogens (tertiary/aromatic N) is 1. The lowest BCUT2D eigenvalue weighted by Gasteiger charge is -2.27. The Bertz CT molecular complexity index is 1720. The van der Waals surface area contributed by atoms with Crippen LogP contribution in [0, 0.1) is 11.8 Å². The molecule has 0 bridgehead atoms. The molecule has 2 saturated heterocycles. The lowest BCUT2D eigenvalue weighted by molar-refractivity contribution is -0.127. The SMILES string of the molecule is O=C1[C@@H]2[C@@H](C(=O)N1c1ccc(Oc3ccc(Cl)cc3)cc1)C1(O[C@H]2c2ccc(Br)cc2)C(=O)c2ccccc2C1=O. The fraction of sp³-hybridized carbons (Fsp3) is 0.125. The number of halogens is 2. The molecule has 1 aliphatic carbocycles. The second-order valence-electron chi connectivity index (χ2n) is 10.1. The smallest absolute Gasteiger partial charge is 0.241 e. The van der Waals surface area contributed by atoms with Crippen LogP contribution in [-0.2, 0) is 14.3 Å². The highest BCUT2D eigenvalue weighted by Gasteiger charge is 2.74. The number of carbonyl (C=O) groups is 4. The Morgan fingerprint density at radius 2 is 1.29 bits per heavy atom. The zero-order chi connectivity index (χ0) is 28.5. The summed E-state index contributed by atoms with van der Waals surface area (Å²) in [5.74, 6) is -3.71. The van der Waals surface area contributed by atoms with Gasteiger partial charge in [-0.1, -0.05) is 63.9 Å². The normalized spacial score (nSPS) is 22.4. The van der Waals surface area contributed by atoms with Crippen molar-refractivity contribution in [3.05, 3.63) is 123 Å². The number of rotatable bonds is 4.